The summed E-state index contributed by atoms with van der Waals surface area (Å²) in [4.78, 5) is 20.3. The molecule has 0 bridgehead atoms. The molecule has 2 aromatic rings. The van der Waals surface area contributed by atoms with Gasteiger partial charge in [-0.15, -0.1) is 11.3 Å². The van der Waals surface area contributed by atoms with E-state index in [-0.39, 0.29) is 5.91 Å². The predicted octanol–water partition coefficient (Wildman–Crippen LogP) is 5.07. The molecule has 1 amide bonds. The summed E-state index contributed by atoms with van der Waals surface area (Å²) in [6.07, 6.45) is 3.73. The molecule has 32 heavy (non-hydrogen) atoms. The second kappa shape index (κ2) is 10.6. The minimum absolute atomic E-state index is 0.175. The zero-order valence-corrected chi connectivity index (χ0v) is 20.6. The third kappa shape index (κ3) is 6.04. The Hall–Kier alpha value is -1.60. The van der Waals surface area contributed by atoms with Crippen molar-refractivity contribution in [2.75, 3.05) is 39.4 Å². The van der Waals surface area contributed by atoms with Crippen molar-refractivity contribution < 1.29 is 14.3 Å². The highest BCUT2D eigenvalue weighted by molar-refractivity contribution is 7.12. The van der Waals surface area contributed by atoms with Crippen LogP contribution in [-0.2, 0) is 16.1 Å². The molecule has 0 N–H and O–H groups in total. The van der Waals surface area contributed by atoms with Gasteiger partial charge in [0.05, 0.1) is 13.0 Å². The molecule has 1 unspecified atom stereocenters. The maximum absolute atomic E-state index is 13.2. The first kappa shape index (κ1) is 23.6. The standard InChI is InChI=1S/C25H33ClN2O3S/c1-19-14-21(20(2)32-19)16-27-12-13-31-25(17-27,15-24(29)28-10-4-3-5-11-28)18-30-23-8-6-22(26)7-9-23/h6-9,14H,3-5,10-13,15-18H2,1-2H3. The normalized spacial score (nSPS) is 22.2. The molecule has 1 atom stereocenters. The van der Waals surface area contributed by atoms with E-state index in [1.165, 1.54) is 21.7 Å². The summed E-state index contributed by atoms with van der Waals surface area (Å²) in [7, 11) is 0. The molecule has 0 radical (unpaired) electrons. The summed E-state index contributed by atoms with van der Waals surface area (Å²) < 4.78 is 12.5. The molecule has 1 aromatic carbocycles. The van der Waals surface area contributed by atoms with Gasteiger partial charge >= 0.3 is 0 Å². The van der Waals surface area contributed by atoms with Gasteiger partial charge in [-0.1, -0.05) is 11.6 Å². The Kier molecular flexibility index (Phi) is 7.77. The quantitative estimate of drug-likeness (QED) is 0.559. The second-order valence-electron chi connectivity index (χ2n) is 9.04. The maximum atomic E-state index is 13.2. The molecule has 2 saturated heterocycles. The van der Waals surface area contributed by atoms with E-state index in [1.807, 2.05) is 40.5 Å². The number of thiophene rings is 1. The summed E-state index contributed by atoms with van der Waals surface area (Å²) in [6.45, 7) is 9.38. The molecular weight excluding hydrogens is 444 g/mol. The highest BCUT2D eigenvalue weighted by Crippen LogP contribution is 2.29. The molecule has 2 fully saturated rings. The van der Waals surface area contributed by atoms with Gasteiger partial charge in [-0.25, -0.2) is 0 Å². The summed E-state index contributed by atoms with van der Waals surface area (Å²) >= 11 is 7.86. The van der Waals surface area contributed by atoms with Crippen LogP contribution in [0.3, 0.4) is 0 Å². The van der Waals surface area contributed by atoms with E-state index in [4.69, 9.17) is 21.1 Å². The zero-order valence-electron chi connectivity index (χ0n) is 19.1. The van der Waals surface area contributed by atoms with Crippen LogP contribution in [0.1, 0.15) is 41.0 Å². The van der Waals surface area contributed by atoms with Crippen LogP contribution in [0, 0.1) is 13.8 Å². The van der Waals surface area contributed by atoms with Crippen LogP contribution in [0.2, 0.25) is 5.02 Å². The van der Waals surface area contributed by atoms with Crippen LogP contribution in [0.5, 0.6) is 5.75 Å². The number of hydrogen-bond donors (Lipinski definition) is 0. The summed E-state index contributed by atoms with van der Waals surface area (Å²) in [5, 5.41) is 0.675. The van der Waals surface area contributed by atoms with Gasteiger partial charge in [0, 0.05) is 47.5 Å². The average molecular weight is 477 g/mol. The molecule has 0 aliphatic carbocycles. The number of rotatable bonds is 7. The lowest BCUT2D eigenvalue weighted by Crippen LogP contribution is -2.57. The lowest BCUT2D eigenvalue weighted by atomic mass is 9.95. The Labute approximate surface area is 200 Å². The number of halogens is 1. The van der Waals surface area contributed by atoms with Crippen LogP contribution in [-0.4, -0.2) is 60.7 Å². The Bertz CT molecular complexity index is 910. The smallest absolute Gasteiger partial charge is 0.225 e. The number of nitrogens with zero attached hydrogens (tertiary/aromatic N) is 2. The first-order chi connectivity index (χ1) is 15.4. The second-order valence-corrected chi connectivity index (χ2v) is 10.9. The molecular formula is C25H33ClN2O3S. The highest BCUT2D eigenvalue weighted by Gasteiger charge is 2.41. The zero-order chi connectivity index (χ0) is 22.6. The topological polar surface area (TPSA) is 42.0 Å². The van der Waals surface area contributed by atoms with Crippen molar-refractivity contribution in [2.24, 2.45) is 0 Å². The molecule has 1 aromatic heterocycles. The Morgan fingerprint density at radius 2 is 1.91 bits per heavy atom. The molecule has 2 aliphatic heterocycles. The van der Waals surface area contributed by atoms with E-state index in [1.54, 1.807) is 0 Å². The van der Waals surface area contributed by atoms with Gasteiger partial charge in [0.15, 0.2) is 0 Å². The Balaban J connectivity index is 1.49. The predicted molar refractivity (Wildman–Crippen MR) is 130 cm³/mol. The number of likely N-dealkylation sites (tertiary alicyclic amines) is 1. The van der Waals surface area contributed by atoms with Crippen LogP contribution in [0.4, 0.5) is 0 Å². The minimum atomic E-state index is -0.661. The molecule has 4 rings (SSSR count). The molecule has 7 heteroatoms. The highest BCUT2D eigenvalue weighted by atomic mass is 35.5. The molecule has 0 spiro atoms. The molecule has 2 aliphatic rings. The van der Waals surface area contributed by atoms with Crippen molar-refractivity contribution in [2.45, 2.75) is 51.7 Å². The van der Waals surface area contributed by atoms with Crippen molar-refractivity contribution in [3.63, 3.8) is 0 Å². The SMILES string of the molecule is Cc1cc(CN2CCOC(COc3ccc(Cl)cc3)(CC(=O)N3CCCCC3)C2)c(C)s1. The van der Waals surface area contributed by atoms with Crippen LogP contribution < -0.4 is 4.74 Å². The number of carbonyl (C=O) groups excluding carboxylic acids is 1. The van der Waals surface area contributed by atoms with E-state index < -0.39 is 5.60 Å². The molecule has 0 saturated carbocycles. The van der Waals surface area contributed by atoms with Gasteiger partial charge in [-0.2, -0.15) is 0 Å². The third-order valence-electron chi connectivity index (χ3n) is 6.36. The number of morpholine rings is 1. The fourth-order valence-electron chi connectivity index (χ4n) is 4.66. The van der Waals surface area contributed by atoms with E-state index in [9.17, 15) is 4.79 Å². The molecule has 3 heterocycles. The molecule has 5 nitrogen and oxygen atoms in total. The average Bonchev–Trinajstić information content (AvgIpc) is 3.10. The first-order valence-electron chi connectivity index (χ1n) is 11.5. The van der Waals surface area contributed by atoms with Gasteiger partial charge in [0.1, 0.15) is 18.0 Å². The lowest BCUT2D eigenvalue weighted by Gasteiger charge is -2.43. The summed E-state index contributed by atoms with van der Waals surface area (Å²) in [5.74, 6) is 0.915. The van der Waals surface area contributed by atoms with E-state index in [0.29, 0.717) is 31.2 Å². The van der Waals surface area contributed by atoms with E-state index in [2.05, 4.69) is 24.8 Å². The van der Waals surface area contributed by atoms with Crippen molar-refractivity contribution in [1.29, 1.82) is 0 Å². The van der Waals surface area contributed by atoms with Gasteiger partial charge in [-0.05, 0) is 69.0 Å². The van der Waals surface area contributed by atoms with Crippen LogP contribution >= 0.6 is 22.9 Å². The third-order valence-corrected chi connectivity index (χ3v) is 7.62. The number of carbonyl (C=O) groups is 1. The Morgan fingerprint density at radius 1 is 1.16 bits per heavy atom. The number of aryl methyl sites for hydroxylation is 2. The van der Waals surface area contributed by atoms with E-state index in [0.717, 1.165) is 44.8 Å². The number of benzene rings is 1. The minimum Gasteiger partial charge on any atom is -0.491 e. The largest absolute Gasteiger partial charge is 0.491 e. The van der Waals surface area contributed by atoms with Gasteiger partial charge in [0.25, 0.3) is 0 Å². The molecule has 174 valence electrons. The van der Waals surface area contributed by atoms with Gasteiger partial charge in [-0.3, -0.25) is 9.69 Å². The number of hydrogen-bond acceptors (Lipinski definition) is 5. The van der Waals surface area contributed by atoms with Crippen molar-refractivity contribution in [1.82, 2.24) is 9.80 Å². The monoisotopic (exact) mass is 476 g/mol. The van der Waals surface area contributed by atoms with Crippen LogP contribution in [0.15, 0.2) is 30.3 Å². The number of amides is 1. The maximum Gasteiger partial charge on any atom is 0.225 e. The van der Waals surface area contributed by atoms with Crippen molar-refractivity contribution in [3.8, 4) is 5.75 Å². The lowest BCUT2D eigenvalue weighted by molar-refractivity contribution is -0.157. The summed E-state index contributed by atoms with van der Waals surface area (Å²) in [6, 6.07) is 9.64. The van der Waals surface area contributed by atoms with Crippen molar-refractivity contribution in [3.05, 3.63) is 50.7 Å². The number of piperidine rings is 1. The van der Waals surface area contributed by atoms with Crippen molar-refractivity contribution >= 4 is 28.8 Å². The fourth-order valence-corrected chi connectivity index (χ4v) is 5.73. The van der Waals surface area contributed by atoms with Gasteiger partial charge < -0.3 is 14.4 Å². The Morgan fingerprint density at radius 3 is 2.59 bits per heavy atom. The summed E-state index contributed by atoms with van der Waals surface area (Å²) in [5.41, 5.74) is 0.704. The number of ether oxygens (including phenoxy) is 2. The van der Waals surface area contributed by atoms with Crippen LogP contribution in [0.25, 0.3) is 0 Å². The fraction of sp³-hybridized carbons (Fsp3) is 0.560. The van der Waals surface area contributed by atoms with Gasteiger partial charge in [0.2, 0.25) is 5.91 Å². The first-order valence-corrected chi connectivity index (χ1v) is 12.7. The van der Waals surface area contributed by atoms with E-state index >= 15 is 0 Å².